The third-order valence-corrected chi connectivity index (χ3v) is 4.15. The third kappa shape index (κ3) is 3.06. The second-order valence-electron chi connectivity index (χ2n) is 4.49. The molecular formula is C14H18ClFN2S. The maximum atomic E-state index is 13.3. The van der Waals surface area contributed by atoms with E-state index in [1.165, 1.54) is 12.1 Å². The zero-order valence-corrected chi connectivity index (χ0v) is 12.8. The van der Waals surface area contributed by atoms with Crippen molar-refractivity contribution < 1.29 is 4.39 Å². The van der Waals surface area contributed by atoms with Gasteiger partial charge in [0.1, 0.15) is 11.6 Å². The average molecular weight is 301 g/mol. The number of benzene rings is 1. The number of nitrogens with zero attached hydrogens (tertiary/aromatic N) is 2. The first-order valence-electron chi connectivity index (χ1n) is 6.42. The van der Waals surface area contributed by atoms with Crippen molar-refractivity contribution in [1.82, 2.24) is 9.55 Å². The quantitative estimate of drug-likeness (QED) is 0.741. The number of aryl methyl sites for hydroxylation is 1. The van der Waals surface area contributed by atoms with E-state index in [9.17, 15) is 4.39 Å². The molecule has 19 heavy (non-hydrogen) atoms. The molecule has 2 aromatic rings. The van der Waals surface area contributed by atoms with Gasteiger partial charge in [-0.25, -0.2) is 9.37 Å². The van der Waals surface area contributed by atoms with E-state index in [0.717, 1.165) is 29.0 Å². The number of rotatable bonds is 6. The second kappa shape index (κ2) is 6.62. The van der Waals surface area contributed by atoms with Gasteiger partial charge in [0.25, 0.3) is 0 Å². The molecule has 2 nitrogen and oxygen atoms in total. The van der Waals surface area contributed by atoms with Crippen molar-refractivity contribution in [3.8, 4) is 0 Å². The van der Waals surface area contributed by atoms with Gasteiger partial charge >= 0.3 is 0 Å². The largest absolute Gasteiger partial charge is 0.324 e. The van der Waals surface area contributed by atoms with E-state index in [4.69, 9.17) is 11.6 Å². The normalized spacial score (nSPS) is 13.1. The summed E-state index contributed by atoms with van der Waals surface area (Å²) in [7, 11) is 0. The predicted octanol–water partition coefficient (Wildman–Crippen LogP) is 4.27. The van der Waals surface area contributed by atoms with Crippen LogP contribution in [0.3, 0.4) is 0 Å². The van der Waals surface area contributed by atoms with Gasteiger partial charge in [-0.3, -0.25) is 0 Å². The fourth-order valence-corrected chi connectivity index (χ4v) is 3.30. The highest BCUT2D eigenvalue weighted by Gasteiger charge is 2.17. The van der Waals surface area contributed by atoms with Crippen LogP contribution in [-0.2, 0) is 6.42 Å². The molecule has 0 aliphatic heterocycles. The average Bonchev–Trinajstić information content (AvgIpc) is 2.73. The molecule has 1 heterocycles. The van der Waals surface area contributed by atoms with E-state index in [2.05, 4.69) is 22.7 Å². The van der Waals surface area contributed by atoms with Crippen molar-refractivity contribution in [2.75, 3.05) is 17.9 Å². The number of hydrogen-bond acceptors (Lipinski definition) is 2. The Balaban J connectivity index is 2.56. The van der Waals surface area contributed by atoms with Gasteiger partial charge in [-0.15, -0.1) is 11.6 Å². The van der Waals surface area contributed by atoms with Crippen molar-refractivity contribution in [2.45, 2.75) is 25.8 Å². The minimum atomic E-state index is -0.243. The van der Waals surface area contributed by atoms with E-state index in [1.807, 2.05) is 17.8 Å². The smallest absolute Gasteiger partial charge is 0.125 e. The highest BCUT2D eigenvalue weighted by atomic mass is 35.5. The summed E-state index contributed by atoms with van der Waals surface area (Å²) in [6.45, 7) is 2.17. The second-order valence-corrected chi connectivity index (χ2v) is 5.78. The molecule has 5 heteroatoms. The Labute approximate surface area is 122 Å². The van der Waals surface area contributed by atoms with Crippen LogP contribution in [0.4, 0.5) is 4.39 Å². The van der Waals surface area contributed by atoms with Crippen LogP contribution in [0.15, 0.2) is 18.2 Å². The third-order valence-electron chi connectivity index (χ3n) is 3.24. The lowest BCUT2D eigenvalue weighted by Gasteiger charge is -2.19. The molecule has 104 valence electrons. The lowest BCUT2D eigenvalue weighted by atomic mass is 10.2. The number of thioether (sulfide) groups is 1. The first-order chi connectivity index (χ1) is 9.21. The van der Waals surface area contributed by atoms with Gasteiger partial charge in [0, 0.05) is 30.2 Å². The van der Waals surface area contributed by atoms with Crippen molar-refractivity contribution in [1.29, 1.82) is 0 Å². The zero-order valence-electron chi connectivity index (χ0n) is 11.2. The van der Waals surface area contributed by atoms with Gasteiger partial charge < -0.3 is 4.57 Å². The molecule has 0 radical (unpaired) electrons. The van der Waals surface area contributed by atoms with E-state index in [1.54, 1.807) is 0 Å². The summed E-state index contributed by atoms with van der Waals surface area (Å²) >= 11 is 7.67. The molecule has 0 saturated heterocycles. The fraction of sp³-hybridized carbons (Fsp3) is 0.500. The van der Waals surface area contributed by atoms with E-state index in [-0.39, 0.29) is 5.82 Å². The molecule has 0 aliphatic rings. The Hall–Kier alpha value is -0.740. The number of alkyl halides is 1. The van der Waals surface area contributed by atoms with Crippen LogP contribution in [0.5, 0.6) is 0 Å². The van der Waals surface area contributed by atoms with E-state index >= 15 is 0 Å². The highest BCUT2D eigenvalue weighted by molar-refractivity contribution is 7.98. The van der Waals surface area contributed by atoms with E-state index < -0.39 is 0 Å². The Morgan fingerprint density at radius 1 is 1.47 bits per heavy atom. The molecule has 1 aromatic heterocycles. The number of imidazole rings is 1. The molecule has 0 N–H and O–H groups in total. The standard InChI is InChI=1S/C14H18ClFN2S/c1-3-11(9-19-2)18-13-5-4-10(16)8-12(13)17-14(18)6-7-15/h4-5,8,11H,3,6-7,9H2,1-2H3. The van der Waals surface area contributed by atoms with Crippen LogP contribution in [0.2, 0.25) is 0 Å². The van der Waals surface area contributed by atoms with E-state index in [0.29, 0.717) is 18.3 Å². The molecule has 1 unspecified atom stereocenters. The van der Waals surface area contributed by atoms with Crippen molar-refractivity contribution in [3.63, 3.8) is 0 Å². The van der Waals surface area contributed by atoms with Gasteiger partial charge in [0.15, 0.2) is 0 Å². The lowest BCUT2D eigenvalue weighted by Crippen LogP contribution is -2.14. The Morgan fingerprint density at radius 3 is 2.89 bits per heavy atom. The van der Waals surface area contributed by atoms with Gasteiger partial charge in [-0.05, 0) is 24.8 Å². The van der Waals surface area contributed by atoms with Crippen LogP contribution in [0.1, 0.15) is 25.2 Å². The van der Waals surface area contributed by atoms with Crippen LogP contribution in [0.25, 0.3) is 11.0 Å². The Morgan fingerprint density at radius 2 is 2.26 bits per heavy atom. The summed E-state index contributed by atoms with van der Waals surface area (Å²) in [6.07, 6.45) is 3.84. The maximum absolute atomic E-state index is 13.3. The molecular weight excluding hydrogens is 283 g/mol. The van der Waals surface area contributed by atoms with Gasteiger partial charge in [-0.2, -0.15) is 11.8 Å². The van der Waals surface area contributed by atoms with Crippen molar-refractivity contribution in [2.24, 2.45) is 0 Å². The highest BCUT2D eigenvalue weighted by Crippen LogP contribution is 2.26. The SMILES string of the molecule is CCC(CSC)n1c(CCCl)nc2cc(F)ccc21. The number of halogens is 2. The molecule has 0 amide bonds. The number of hydrogen-bond donors (Lipinski definition) is 0. The lowest BCUT2D eigenvalue weighted by molar-refractivity contribution is 0.533. The van der Waals surface area contributed by atoms with Crippen LogP contribution >= 0.6 is 23.4 Å². The van der Waals surface area contributed by atoms with Gasteiger partial charge in [0.2, 0.25) is 0 Å². The molecule has 0 aliphatic carbocycles. The maximum Gasteiger partial charge on any atom is 0.125 e. The summed E-state index contributed by atoms with van der Waals surface area (Å²) in [4.78, 5) is 4.54. The molecule has 1 atom stereocenters. The summed E-state index contributed by atoms with van der Waals surface area (Å²) in [6, 6.07) is 5.19. The van der Waals surface area contributed by atoms with Crippen molar-refractivity contribution >= 4 is 34.4 Å². The summed E-state index contributed by atoms with van der Waals surface area (Å²) in [5.74, 6) is 2.26. The van der Waals surface area contributed by atoms with Gasteiger partial charge in [-0.1, -0.05) is 6.92 Å². The fourth-order valence-electron chi connectivity index (χ4n) is 2.36. The monoisotopic (exact) mass is 300 g/mol. The topological polar surface area (TPSA) is 17.8 Å². The summed E-state index contributed by atoms with van der Waals surface area (Å²) in [5, 5.41) is 0. The number of aromatic nitrogens is 2. The summed E-state index contributed by atoms with van der Waals surface area (Å²) < 4.78 is 15.5. The molecule has 0 fully saturated rings. The zero-order chi connectivity index (χ0) is 13.8. The van der Waals surface area contributed by atoms with Gasteiger partial charge in [0.05, 0.1) is 11.0 Å². The molecule has 0 bridgehead atoms. The Kier molecular flexibility index (Phi) is 5.11. The summed E-state index contributed by atoms with van der Waals surface area (Å²) in [5.41, 5.74) is 1.72. The Bertz CT molecular complexity index is 556. The van der Waals surface area contributed by atoms with Crippen LogP contribution in [0, 0.1) is 5.82 Å². The molecule has 0 saturated carbocycles. The first-order valence-corrected chi connectivity index (χ1v) is 8.35. The minimum Gasteiger partial charge on any atom is -0.324 e. The predicted molar refractivity (Wildman–Crippen MR) is 81.8 cm³/mol. The van der Waals surface area contributed by atoms with Crippen molar-refractivity contribution in [3.05, 3.63) is 29.8 Å². The molecule has 1 aromatic carbocycles. The van der Waals surface area contributed by atoms with Crippen LogP contribution in [-0.4, -0.2) is 27.4 Å². The first kappa shape index (κ1) is 14.7. The molecule has 0 spiro atoms. The number of fused-ring (bicyclic) bond motifs is 1. The molecule has 2 rings (SSSR count). The minimum absolute atomic E-state index is 0.243. The van der Waals surface area contributed by atoms with Crippen LogP contribution < -0.4 is 0 Å².